The molecule has 1 aromatic rings. The molecular formula is C16H21NO5. The molecule has 1 atom stereocenters. The van der Waals surface area contributed by atoms with Gasteiger partial charge in [0, 0.05) is 13.1 Å². The molecule has 22 heavy (non-hydrogen) atoms. The van der Waals surface area contributed by atoms with Crippen molar-refractivity contribution >= 4 is 11.9 Å². The number of aliphatic carboxylic acids is 1. The molecule has 0 spiro atoms. The lowest BCUT2D eigenvalue weighted by molar-refractivity contribution is -0.147. The summed E-state index contributed by atoms with van der Waals surface area (Å²) in [4.78, 5) is 25.2. The van der Waals surface area contributed by atoms with E-state index in [1.54, 1.807) is 38.2 Å². The van der Waals surface area contributed by atoms with E-state index in [-0.39, 0.29) is 18.9 Å². The fraction of sp³-hybridized carbons (Fsp3) is 0.500. The number of carbonyl (C=O) groups excluding carboxylic acids is 1. The molecule has 2 rings (SSSR count). The minimum Gasteiger partial charge on any atom is -0.493 e. The number of carboxylic acids is 1. The average molecular weight is 307 g/mol. The van der Waals surface area contributed by atoms with E-state index in [2.05, 4.69) is 0 Å². The van der Waals surface area contributed by atoms with Crippen LogP contribution < -0.4 is 9.47 Å². The highest BCUT2D eigenvalue weighted by atomic mass is 16.5. The van der Waals surface area contributed by atoms with Crippen LogP contribution in [0.25, 0.3) is 0 Å². The van der Waals surface area contributed by atoms with E-state index in [1.165, 1.54) is 0 Å². The molecule has 0 saturated carbocycles. The minimum atomic E-state index is -0.853. The van der Waals surface area contributed by atoms with Crippen LogP contribution in [0.2, 0.25) is 0 Å². The predicted octanol–water partition coefficient (Wildman–Crippen LogP) is 1.57. The van der Waals surface area contributed by atoms with Crippen molar-refractivity contribution in [2.24, 2.45) is 5.41 Å². The number of likely N-dealkylation sites (tertiary alicyclic amines) is 1. The second-order valence-electron chi connectivity index (χ2n) is 5.80. The zero-order chi connectivity index (χ0) is 16.3. The highest BCUT2D eigenvalue weighted by Gasteiger charge is 2.41. The lowest BCUT2D eigenvalue weighted by Gasteiger charge is -2.20. The third-order valence-corrected chi connectivity index (χ3v) is 4.15. The largest absolute Gasteiger partial charge is 0.493 e. The Bertz CT molecular complexity index is 586. The van der Waals surface area contributed by atoms with E-state index < -0.39 is 11.4 Å². The SMILES string of the molecule is COc1ccc(CC(=O)N2CCC(C)(C(=O)O)C2)cc1OC. The zero-order valence-electron chi connectivity index (χ0n) is 13.1. The monoisotopic (exact) mass is 307 g/mol. The van der Waals surface area contributed by atoms with Crippen molar-refractivity contribution in [3.63, 3.8) is 0 Å². The van der Waals surface area contributed by atoms with Gasteiger partial charge < -0.3 is 19.5 Å². The van der Waals surface area contributed by atoms with Gasteiger partial charge in [-0.2, -0.15) is 0 Å². The van der Waals surface area contributed by atoms with Gasteiger partial charge in [0.05, 0.1) is 26.1 Å². The van der Waals surface area contributed by atoms with Gasteiger partial charge in [-0.05, 0) is 31.0 Å². The summed E-state index contributed by atoms with van der Waals surface area (Å²) in [5, 5.41) is 9.22. The summed E-state index contributed by atoms with van der Waals surface area (Å²) in [6.07, 6.45) is 0.704. The molecule has 0 bridgehead atoms. The van der Waals surface area contributed by atoms with Gasteiger partial charge in [-0.1, -0.05) is 6.07 Å². The van der Waals surface area contributed by atoms with Crippen LogP contribution in [0.1, 0.15) is 18.9 Å². The van der Waals surface area contributed by atoms with Gasteiger partial charge in [0.25, 0.3) is 0 Å². The van der Waals surface area contributed by atoms with Crippen molar-refractivity contribution in [3.05, 3.63) is 23.8 Å². The molecule has 1 aliphatic heterocycles. The summed E-state index contributed by atoms with van der Waals surface area (Å²) in [5.74, 6) is 0.258. The van der Waals surface area contributed by atoms with Gasteiger partial charge in [0.1, 0.15) is 0 Å². The van der Waals surface area contributed by atoms with Gasteiger partial charge in [0.15, 0.2) is 11.5 Å². The second kappa shape index (κ2) is 6.25. The standard InChI is InChI=1S/C16H21NO5/c1-16(15(19)20)6-7-17(10-16)14(18)9-11-4-5-12(21-2)13(8-11)22-3/h4-5,8H,6-7,9-10H2,1-3H3,(H,19,20). The van der Waals surface area contributed by atoms with E-state index in [9.17, 15) is 14.7 Å². The van der Waals surface area contributed by atoms with Crippen LogP contribution in [0, 0.1) is 5.41 Å². The molecule has 0 aliphatic carbocycles. The Morgan fingerprint density at radius 1 is 1.27 bits per heavy atom. The van der Waals surface area contributed by atoms with Crippen LogP contribution in [-0.4, -0.2) is 49.2 Å². The molecule has 1 amide bonds. The first-order valence-corrected chi connectivity index (χ1v) is 7.11. The number of nitrogens with zero attached hydrogens (tertiary/aromatic N) is 1. The topological polar surface area (TPSA) is 76.1 Å². The maximum Gasteiger partial charge on any atom is 0.311 e. The smallest absolute Gasteiger partial charge is 0.311 e. The molecule has 6 heteroatoms. The molecule has 1 unspecified atom stereocenters. The highest BCUT2D eigenvalue weighted by molar-refractivity contribution is 5.82. The minimum absolute atomic E-state index is 0.0720. The maximum absolute atomic E-state index is 12.3. The van der Waals surface area contributed by atoms with E-state index in [0.29, 0.717) is 24.5 Å². The number of methoxy groups -OCH3 is 2. The number of ether oxygens (including phenoxy) is 2. The summed E-state index contributed by atoms with van der Waals surface area (Å²) in [7, 11) is 3.10. The Balaban J connectivity index is 2.05. The van der Waals surface area contributed by atoms with Crippen LogP contribution in [-0.2, 0) is 16.0 Å². The van der Waals surface area contributed by atoms with Crippen LogP contribution in [0.5, 0.6) is 11.5 Å². The molecular weight excluding hydrogens is 286 g/mol. The third kappa shape index (κ3) is 3.16. The van der Waals surface area contributed by atoms with Crippen molar-refractivity contribution in [1.29, 1.82) is 0 Å². The molecule has 0 aromatic heterocycles. The second-order valence-corrected chi connectivity index (χ2v) is 5.80. The number of hydrogen-bond donors (Lipinski definition) is 1. The molecule has 6 nitrogen and oxygen atoms in total. The summed E-state index contributed by atoms with van der Waals surface area (Å²) in [6, 6.07) is 5.34. The molecule has 0 radical (unpaired) electrons. The summed E-state index contributed by atoms with van der Waals surface area (Å²) in [6.45, 7) is 2.42. The van der Waals surface area contributed by atoms with E-state index in [0.717, 1.165) is 5.56 Å². The average Bonchev–Trinajstić information content (AvgIpc) is 2.91. The Morgan fingerprint density at radius 2 is 1.95 bits per heavy atom. The first kappa shape index (κ1) is 16.1. The van der Waals surface area contributed by atoms with Gasteiger partial charge in [-0.3, -0.25) is 9.59 Å². The Morgan fingerprint density at radius 3 is 2.50 bits per heavy atom. The molecule has 1 aromatic carbocycles. The van der Waals surface area contributed by atoms with Crippen LogP contribution in [0.4, 0.5) is 0 Å². The quantitative estimate of drug-likeness (QED) is 0.893. The Labute approximate surface area is 129 Å². The fourth-order valence-corrected chi connectivity index (χ4v) is 2.63. The zero-order valence-corrected chi connectivity index (χ0v) is 13.1. The van der Waals surface area contributed by atoms with Gasteiger partial charge in [-0.25, -0.2) is 0 Å². The predicted molar refractivity (Wildman–Crippen MR) is 80.2 cm³/mol. The Kier molecular flexibility index (Phi) is 4.59. The molecule has 120 valence electrons. The number of benzene rings is 1. The number of carbonyl (C=O) groups is 2. The first-order valence-electron chi connectivity index (χ1n) is 7.11. The number of carboxylic acid groups (broad SMARTS) is 1. The van der Waals surface area contributed by atoms with Crippen molar-refractivity contribution in [3.8, 4) is 11.5 Å². The molecule has 1 aliphatic rings. The van der Waals surface area contributed by atoms with E-state index >= 15 is 0 Å². The maximum atomic E-state index is 12.3. The lowest BCUT2D eigenvalue weighted by Crippen LogP contribution is -2.35. The van der Waals surface area contributed by atoms with Crippen LogP contribution in [0.3, 0.4) is 0 Å². The number of amides is 1. The number of rotatable bonds is 5. The van der Waals surface area contributed by atoms with Gasteiger partial charge in [-0.15, -0.1) is 0 Å². The summed E-state index contributed by atoms with van der Waals surface area (Å²) in [5.41, 5.74) is -0.0284. The lowest BCUT2D eigenvalue weighted by atomic mass is 9.90. The summed E-state index contributed by atoms with van der Waals surface area (Å²) < 4.78 is 10.4. The molecule has 1 saturated heterocycles. The van der Waals surface area contributed by atoms with E-state index in [4.69, 9.17) is 9.47 Å². The Hall–Kier alpha value is -2.24. The van der Waals surface area contributed by atoms with Crippen molar-refractivity contribution in [2.45, 2.75) is 19.8 Å². The van der Waals surface area contributed by atoms with Gasteiger partial charge in [0.2, 0.25) is 5.91 Å². The van der Waals surface area contributed by atoms with E-state index in [1.807, 2.05) is 6.07 Å². The summed E-state index contributed by atoms with van der Waals surface area (Å²) >= 11 is 0. The fourth-order valence-electron chi connectivity index (χ4n) is 2.63. The first-order chi connectivity index (χ1) is 10.4. The molecule has 1 fully saturated rings. The van der Waals surface area contributed by atoms with Crippen LogP contribution in [0.15, 0.2) is 18.2 Å². The highest BCUT2D eigenvalue weighted by Crippen LogP contribution is 2.31. The normalized spacial score (nSPS) is 20.8. The van der Waals surface area contributed by atoms with Crippen molar-refractivity contribution in [2.75, 3.05) is 27.3 Å². The molecule has 1 heterocycles. The van der Waals surface area contributed by atoms with Gasteiger partial charge >= 0.3 is 5.97 Å². The number of hydrogen-bond acceptors (Lipinski definition) is 4. The molecule has 1 N–H and O–H groups in total. The van der Waals surface area contributed by atoms with Crippen molar-refractivity contribution < 1.29 is 24.2 Å². The third-order valence-electron chi connectivity index (χ3n) is 4.15. The van der Waals surface area contributed by atoms with Crippen LogP contribution >= 0.6 is 0 Å². The van der Waals surface area contributed by atoms with Crippen molar-refractivity contribution in [1.82, 2.24) is 4.90 Å².